The Labute approximate surface area is 149 Å². The molecular formula is C18H15ClN2O2S. The van der Waals surface area contributed by atoms with Crippen molar-refractivity contribution < 1.29 is 9.59 Å². The first-order valence-corrected chi connectivity index (χ1v) is 9.09. The molecule has 4 rings (SSSR count). The number of amides is 3. The molecule has 0 radical (unpaired) electrons. The Morgan fingerprint density at radius 2 is 1.88 bits per heavy atom. The van der Waals surface area contributed by atoms with Crippen molar-refractivity contribution in [1.82, 2.24) is 4.90 Å². The molecule has 0 spiro atoms. The molecule has 2 saturated heterocycles. The van der Waals surface area contributed by atoms with E-state index >= 15 is 0 Å². The van der Waals surface area contributed by atoms with E-state index in [2.05, 4.69) is 0 Å². The average Bonchev–Trinajstić information content (AvgIpc) is 3.09. The zero-order valence-electron chi connectivity index (χ0n) is 13.0. The van der Waals surface area contributed by atoms with Gasteiger partial charge in [-0.3, -0.25) is 9.69 Å². The fourth-order valence-electron chi connectivity index (χ4n) is 3.18. The van der Waals surface area contributed by atoms with Gasteiger partial charge in [-0.1, -0.05) is 35.9 Å². The second-order valence-electron chi connectivity index (χ2n) is 5.96. The highest BCUT2D eigenvalue weighted by Gasteiger charge is 2.53. The minimum absolute atomic E-state index is 0.144. The normalized spacial score (nSPS) is 23.1. The number of hydrogen-bond acceptors (Lipinski definition) is 3. The lowest BCUT2D eigenvalue weighted by Crippen LogP contribution is -2.33. The van der Waals surface area contributed by atoms with Crippen LogP contribution in [0.2, 0.25) is 5.02 Å². The summed E-state index contributed by atoms with van der Waals surface area (Å²) in [4.78, 5) is 28.7. The molecule has 4 nitrogen and oxygen atoms in total. The number of hydrogen-bond donors (Lipinski definition) is 0. The van der Waals surface area contributed by atoms with Crippen molar-refractivity contribution in [1.29, 1.82) is 0 Å². The summed E-state index contributed by atoms with van der Waals surface area (Å²) in [5.74, 6) is 0.467. The average molecular weight is 359 g/mol. The summed E-state index contributed by atoms with van der Waals surface area (Å²) in [6, 6.07) is 14.3. The van der Waals surface area contributed by atoms with E-state index in [0.717, 1.165) is 11.1 Å². The topological polar surface area (TPSA) is 40.6 Å². The Bertz CT molecular complexity index is 824. The maximum Gasteiger partial charge on any atom is 0.333 e. The zero-order valence-corrected chi connectivity index (χ0v) is 14.6. The van der Waals surface area contributed by atoms with Crippen LogP contribution in [0.15, 0.2) is 48.5 Å². The number of nitrogens with zero attached hydrogens (tertiary/aromatic N) is 2. The van der Waals surface area contributed by atoms with E-state index in [0.29, 0.717) is 16.5 Å². The molecule has 6 heteroatoms. The molecule has 2 aliphatic heterocycles. The fraction of sp³-hybridized carbons (Fsp3) is 0.222. The Balaban J connectivity index is 1.69. The predicted octanol–water partition coefficient (Wildman–Crippen LogP) is 4.23. The van der Waals surface area contributed by atoms with Gasteiger partial charge < -0.3 is 0 Å². The van der Waals surface area contributed by atoms with Crippen molar-refractivity contribution in [2.45, 2.75) is 18.3 Å². The molecule has 0 saturated carbocycles. The van der Waals surface area contributed by atoms with E-state index < -0.39 is 6.04 Å². The Morgan fingerprint density at radius 1 is 1.12 bits per heavy atom. The molecule has 122 valence electrons. The number of halogens is 1. The monoisotopic (exact) mass is 358 g/mol. The highest BCUT2D eigenvalue weighted by molar-refractivity contribution is 7.99. The van der Waals surface area contributed by atoms with Crippen LogP contribution in [0.5, 0.6) is 0 Å². The van der Waals surface area contributed by atoms with Crippen molar-refractivity contribution in [3.63, 3.8) is 0 Å². The first-order chi connectivity index (χ1) is 11.6. The van der Waals surface area contributed by atoms with Crippen LogP contribution in [-0.2, 0) is 4.79 Å². The first kappa shape index (κ1) is 15.5. The molecule has 2 aromatic rings. The van der Waals surface area contributed by atoms with Gasteiger partial charge in [-0.15, -0.1) is 11.8 Å². The van der Waals surface area contributed by atoms with E-state index in [1.807, 2.05) is 49.4 Å². The minimum atomic E-state index is -0.399. The van der Waals surface area contributed by atoms with Crippen molar-refractivity contribution in [2.75, 3.05) is 10.7 Å². The molecule has 2 atom stereocenters. The highest BCUT2D eigenvalue weighted by Crippen LogP contribution is 2.46. The fourth-order valence-corrected chi connectivity index (χ4v) is 4.72. The number of thioether (sulfide) groups is 1. The molecule has 0 bridgehead atoms. The second kappa shape index (κ2) is 5.83. The van der Waals surface area contributed by atoms with Crippen molar-refractivity contribution in [3.05, 3.63) is 64.7 Å². The van der Waals surface area contributed by atoms with Gasteiger partial charge in [0, 0.05) is 10.8 Å². The molecule has 2 aromatic carbocycles. The van der Waals surface area contributed by atoms with E-state index in [-0.39, 0.29) is 17.3 Å². The predicted molar refractivity (Wildman–Crippen MR) is 96.3 cm³/mol. The van der Waals surface area contributed by atoms with Gasteiger partial charge in [0.25, 0.3) is 5.91 Å². The zero-order chi connectivity index (χ0) is 16.8. The second-order valence-corrected chi connectivity index (χ2v) is 7.51. The lowest BCUT2D eigenvalue weighted by atomic mass is 10.2. The maximum absolute atomic E-state index is 13.0. The number of carbonyl (C=O) groups is 2. The van der Waals surface area contributed by atoms with Crippen LogP contribution in [0.4, 0.5) is 10.5 Å². The standard InChI is InChI=1S/C18H15ClN2O2S/c1-11-3-2-4-14(9-11)20-16(22)15-10-24-17(21(15)18(20)23)12-5-7-13(19)8-6-12/h2-9,15,17H,10H2,1H3/t15-,17+/m0/s1. The molecule has 2 fully saturated rings. The van der Waals surface area contributed by atoms with Gasteiger partial charge >= 0.3 is 6.03 Å². The Kier molecular flexibility index (Phi) is 3.77. The quantitative estimate of drug-likeness (QED) is 0.754. The van der Waals surface area contributed by atoms with Crippen LogP contribution >= 0.6 is 23.4 Å². The number of fused-ring (bicyclic) bond motifs is 1. The number of imide groups is 1. The smallest absolute Gasteiger partial charge is 0.295 e. The van der Waals surface area contributed by atoms with Crippen molar-refractivity contribution in [3.8, 4) is 0 Å². The van der Waals surface area contributed by atoms with Crippen molar-refractivity contribution in [2.24, 2.45) is 0 Å². The van der Waals surface area contributed by atoms with Crippen molar-refractivity contribution >= 4 is 41.0 Å². The van der Waals surface area contributed by atoms with Crippen LogP contribution in [0, 0.1) is 6.92 Å². The first-order valence-electron chi connectivity index (χ1n) is 7.66. The summed E-state index contributed by atoms with van der Waals surface area (Å²) in [7, 11) is 0. The van der Waals surface area contributed by atoms with E-state index in [1.54, 1.807) is 22.7 Å². The summed E-state index contributed by atoms with van der Waals surface area (Å²) in [5, 5.41) is 0.502. The lowest BCUT2D eigenvalue weighted by molar-refractivity contribution is -0.119. The van der Waals surface area contributed by atoms with Gasteiger partial charge in [0.15, 0.2) is 0 Å². The van der Waals surface area contributed by atoms with E-state index in [1.165, 1.54) is 4.90 Å². The minimum Gasteiger partial charge on any atom is -0.295 e. The summed E-state index contributed by atoms with van der Waals surface area (Å²) in [6.45, 7) is 1.95. The number of carbonyl (C=O) groups excluding carboxylic acids is 2. The van der Waals surface area contributed by atoms with Crippen LogP contribution in [0.1, 0.15) is 16.5 Å². The molecule has 0 aliphatic carbocycles. The van der Waals surface area contributed by atoms with Gasteiger partial charge in [-0.25, -0.2) is 9.69 Å². The van der Waals surface area contributed by atoms with Gasteiger partial charge in [0.05, 0.1) is 5.69 Å². The van der Waals surface area contributed by atoms with Gasteiger partial charge in [0.1, 0.15) is 11.4 Å². The van der Waals surface area contributed by atoms with Gasteiger partial charge in [-0.05, 0) is 42.3 Å². The van der Waals surface area contributed by atoms with Crippen LogP contribution in [0.3, 0.4) is 0 Å². The molecule has 0 unspecified atom stereocenters. The van der Waals surface area contributed by atoms with Gasteiger partial charge in [-0.2, -0.15) is 0 Å². The summed E-state index contributed by atoms with van der Waals surface area (Å²) < 4.78 is 0. The van der Waals surface area contributed by atoms with Crippen LogP contribution < -0.4 is 4.90 Å². The highest BCUT2D eigenvalue weighted by atomic mass is 35.5. The third kappa shape index (κ3) is 2.39. The van der Waals surface area contributed by atoms with Gasteiger partial charge in [0.2, 0.25) is 0 Å². The number of benzene rings is 2. The number of urea groups is 1. The third-order valence-electron chi connectivity index (χ3n) is 4.33. The largest absolute Gasteiger partial charge is 0.333 e. The Hall–Kier alpha value is -1.98. The molecular weight excluding hydrogens is 344 g/mol. The summed E-state index contributed by atoms with van der Waals surface area (Å²) in [6.07, 6.45) is 0. The van der Waals surface area contributed by atoms with E-state index in [9.17, 15) is 9.59 Å². The summed E-state index contributed by atoms with van der Waals surface area (Å²) in [5.41, 5.74) is 2.64. The third-order valence-corrected chi connectivity index (χ3v) is 5.91. The molecule has 0 N–H and O–H groups in total. The van der Waals surface area contributed by atoms with Crippen LogP contribution in [0.25, 0.3) is 0 Å². The SMILES string of the molecule is Cc1cccc(N2C(=O)[C@@H]3CS[C@H](c4ccc(Cl)cc4)N3C2=O)c1. The van der Waals surface area contributed by atoms with E-state index in [4.69, 9.17) is 11.6 Å². The maximum atomic E-state index is 13.0. The lowest BCUT2D eigenvalue weighted by Gasteiger charge is -2.23. The molecule has 24 heavy (non-hydrogen) atoms. The number of anilines is 1. The van der Waals surface area contributed by atoms with Crippen LogP contribution in [-0.4, -0.2) is 28.6 Å². The molecule has 3 amide bonds. The molecule has 0 aromatic heterocycles. The molecule has 2 heterocycles. The summed E-state index contributed by atoms with van der Waals surface area (Å²) >= 11 is 7.57. The number of rotatable bonds is 2. The molecule has 2 aliphatic rings. The Morgan fingerprint density at radius 3 is 2.58 bits per heavy atom. The number of aryl methyl sites for hydroxylation is 1.